The van der Waals surface area contributed by atoms with Gasteiger partial charge in [-0.05, 0) is 25.0 Å². The largest absolute Gasteiger partial charge is 0.349 e. The van der Waals surface area contributed by atoms with Gasteiger partial charge in [0.1, 0.15) is 0 Å². The van der Waals surface area contributed by atoms with Crippen LogP contribution in [0.25, 0.3) is 0 Å². The lowest BCUT2D eigenvalue weighted by molar-refractivity contribution is 0.0930. The molecular formula is C14H19NOS. The average Bonchev–Trinajstić information content (AvgIpc) is 2.58. The van der Waals surface area contributed by atoms with Crippen LogP contribution < -0.4 is 5.32 Å². The van der Waals surface area contributed by atoms with Crippen molar-refractivity contribution >= 4 is 18.5 Å². The molecule has 1 fully saturated rings. The van der Waals surface area contributed by atoms with Crippen molar-refractivity contribution in [2.45, 2.75) is 49.5 Å². The summed E-state index contributed by atoms with van der Waals surface area (Å²) in [5.41, 5.74) is 0.681. The van der Waals surface area contributed by atoms with E-state index in [4.69, 9.17) is 0 Å². The minimum atomic E-state index is 0.0162. The van der Waals surface area contributed by atoms with Crippen LogP contribution in [0.2, 0.25) is 0 Å². The van der Waals surface area contributed by atoms with Crippen molar-refractivity contribution in [3.8, 4) is 0 Å². The molecule has 1 aromatic rings. The second kappa shape index (κ2) is 6.10. The maximum atomic E-state index is 12.1. The quantitative estimate of drug-likeness (QED) is 0.610. The Hall–Kier alpha value is -0.960. The van der Waals surface area contributed by atoms with Crippen LogP contribution in [-0.2, 0) is 0 Å². The summed E-state index contributed by atoms with van der Waals surface area (Å²) in [6, 6.07) is 7.80. The molecule has 0 atom stereocenters. The second-order valence-corrected chi connectivity index (χ2v) is 5.16. The molecule has 0 saturated heterocycles. The number of thiol groups is 1. The molecule has 92 valence electrons. The summed E-state index contributed by atoms with van der Waals surface area (Å²) in [5, 5.41) is 3.13. The summed E-state index contributed by atoms with van der Waals surface area (Å²) >= 11 is 4.32. The van der Waals surface area contributed by atoms with Gasteiger partial charge in [0.25, 0.3) is 5.91 Å². The van der Waals surface area contributed by atoms with Crippen molar-refractivity contribution in [3.05, 3.63) is 29.8 Å². The highest BCUT2D eigenvalue weighted by Gasteiger charge is 2.16. The summed E-state index contributed by atoms with van der Waals surface area (Å²) in [5.74, 6) is 0.0162. The molecule has 0 aliphatic heterocycles. The van der Waals surface area contributed by atoms with Crippen LogP contribution in [0.3, 0.4) is 0 Å². The highest BCUT2D eigenvalue weighted by Crippen LogP contribution is 2.19. The van der Waals surface area contributed by atoms with Gasteiger partial charge >= 0.3 is 0 Å². The van der Waals surface area contributed by atoms with Crippen molar-refractivity contribution in [1.82, 2.24) is 5.32 Å². The third-order valence-corrected chi connectivity index (χ3v) is 3.73. The minimum Gasteiger partial charge on any atom is -0.349 e. The number of hydrogen-bond acceptors (Lipinski definition) is 2. The molecule has 1 saturated carbocycles. The van der Waals surface area contributed by atoms with E-state index in [0.717, 1.165) is 17.7 Å². The van der Waals surface area contributed by atoms with Crippen LogP contribution in [0, 0.1) is 0 Å². The Bertz CT molecular complexity index is 384. The molecule has 1 N–H and O–H groups in total. The van der Waals surface area contributed by atoms with Crippen LogP contribution in [0.4, 0.5) is 0 Å². The molecule has 1 amide bonds. The predicted octanol–water partition coefficient (Wildman–Crippen LogP) is 3.43. The van der Waals surface area contributed by atoms with Gasteiger partial charge in [-0.25, -0.2) is 0 Å². The van der Waals surface area contributed by atoms with Gasteiger partial charge in [0.2, 0.25) is 0 Å². The van der Waals surface area contributed by atoms with Crippen molar-refractivity contribution in [2.75, 3.05) is 0 Å². The lowest BCUT2D eigenvalue weighted by Gasteiger charge is -2.16. The van der Waals surface area contributed by atoms with Crippen molar-refractivity contribution in [3.63, 3.8) is 0 Å². The standard InChI is InChI=1S/C14H19NOS/c16-14(12-9-5-6-10-13(12)17)15-11-7-3-1-2-4-8-11/h5-6,9-11,17H,1-4,7-8H2,(H,15,16). The number of hydrogen-bond donors (Lipinski definition) is 2. The van der Waals surface area contributed by atoms with Crippen molar-refractivity contribution in [2.24, 2.45) is 0 Å². The zero-order chi connectivity index (χ0) is 12.1. The van der Waals surface area contributed by atoms with E-state index in [2.05, 4.69) is 17.9 Å². The SMILES string of the molecule is O=C(NC1CCCCCC1)c1ccccc1S. The third kappa shape index (κ3) is 3.50. The van der Waals surface area contributed by atoms with Gasteiger partial charge < -0.3 is 5.32 Å². The van der Waals surface area contributed by atoms with Crippen LogP contribution >= 0.6 is 12.6 Å². The Balaban J connectivity index is 1.98. The molecule has 3 heteroatoms. The lowest BCUT2D eigenvalue weighted by atomic mass is 10.1. The number of carbonyl (C=O) groups is 1. The molecule has 0 heterocycles. The maximum absolute atomic E-state index is 12.1. The van der Waals surface area contributed by atoms with E-state index in [1.54, 1.807) is 0 Å². The molecule has 0 unspecified atom stereocenters. The fourth-order valence-corrected chi connectivity index (χ4v) is 2.61. The summed E-state index contributed by atoms with van der Waals surface area (Å²) in [7, 11) is 0. The Morgan fingerprint density at radius 3 is 2.41 bits per heavy atom. The van der Waals surface area contributed by atoms with Gasteiger partial charge in [-0.3, -0.25) is 4.79 Å². The van der Waals surface area contributed by atoms with E-state index >= 15 is 0 Å². The second-order valence-electron chi connectivity index (χ2n) is 4.68. The van der Waals surface area contributed by atoms with Crippen LogP contribution in [0.15, 0.2) is 29.2 Å². The van der Waals surface area contributed by atoms with Crippen molar-refractivity contribution < 1.29 is 4.79 Å². The smallest absolute Gasteiger partial charge is 0.252 e. The van der Waals surface area contributed by atoms with E-state index in [-0.39, 0.29) is 5.91 Å². The first-order valence-corrected chi connectivity index (χ1v) is 6.81. The third-order valence-electron chi connectivity index (χ3n) is 3.34. The predicted molar refractivity (Wildman–Crippen MR) is 72.7 cm³/mol. The average molecular weight is 249 g/mol. The molecule has 1 aliphatic carbocycles. The highest BCUT2D eigenvalue weighted by atomic mass is 32.1. The molecule has 1 aliphatic rings. The molecule has 1 aromatic carbocycles. The van der Waals surface area contributed by atoms with Gasteiger partial charge in [0, 0.05) is 10.9 Å². The Kier molecular flexibility index (Phi) is 4.49. The lowest BCUT2D eigenvalue weighted by Crippen LogP contribution is -2.34. The van der Waals surface area contributed by atoms with Crippen LogP contribution in [-0.4, -0.2) is 11.9 Å². The van der Waals surface area contributed by atoms with E-state index in [1.807, 2.05) is 24.3 Å². The molecule has 0 spiro atoms. The Morgan fingerprint density at radius 1 is 1.12 bits per heavy atom. The van der Waals surface area contributed by atoms with Gasteiger partial charge in [-0.1, -0.05) is 37.8 Å². The first-order chi connectivity index (χ1) is 8.27. The molecule has 2 rings (SSSR count). The minimum absolute atomic E-state index is 0.0162. The molecule has 2 nitrogen and oxygen atoms in total. The normalized spacial score (nSPS) is 17.5. The van der Waals surface area contributed by atoms with Crippen molar-refractivity contribution in [1.29, 1.82) is 0 Å². The first-order valence-electron chi connectivity index (χ1n) is 6.36. The molecule has 0 aromatic heterocycles. The maximum Gasteiger partial charge on any atom is 0.252 e. The molecule has 17 heavy (non-hydrogen) atoms. The molecule has 0 radical (unpaired) electrons. The highest BCUT2D eigenvalue weighted by molar-refractivity contribution is 7.80. The topological polar surface area (TPSA) is 29.1 Å². The van der Waals surface area contributed by atoms with Crippen LogP contribution in [0.1, 0.15) is 48.9 Å². The molecule has 0 bridgehead atoms. The van der Waals surface area contributed by atoms with Gasteiger partial charge in [0.15, 0.2) is 0 Å². The van der Waals surface area contributed by atoms with E-state index < -0.39 is 0 Å². The van der Waals surface area contributed by atoms with E-state index in [1.165, 1.54) is 25.7 Å². The fraction of sp³-hybridized carbons (Fsp3) is 0.500. The van der Waals surface area contributed by atoms with E-state index in [0.29, 0.717) is 11.6 Å². The van der Waals surface area contributed by atoms with Gasteiger partial charge in [-0.2, -0.15) is 0 Å². The zero-order valence-electron chi connectivity index (χ0n) is 9.98. The van der Waals surface area contributed by atoms with Gasteiger partial charge in [0.05, 0.1) is 5.56 Å². The van der Waals surface area contributed by atoms with E-state index in [9.17, 15) is 4.79 Å². The first kappa shape index (κ1) is 12.5. The zero-order valence-corrected chi connectivity index (χ0v) is 10.9. The molecular weight excluding hydrogens is 230 g/mol. The summed E-state index contributed by atoms with van der Waals surface area (Å²) in [4.78, 5) is 12.8. The number of benzene rings is 1. The Labute approximate surface area is 108 Å². The fourth-order valence-electron chi connectivity index (χ4n) is 2.35. The monoisotopic (exact) mass is 249 g/mol. The summed E-state index contributed by atoms with van der Waals surface area (Å²) in [6.07, 6.45) is 7.28. The number of nitrogens with one attached hydrogen (secondary N) is 1. The summed E-state index contributed by atoms with van der Waals surface area (Å²) < 4.78 is 0. The number of amides is 1. The van der Waals surface area contributed by atoms with Gasteiger partial charge in [-0.15, -0.1) is 12.6 Å². The van der Waals surface area contributed by atoms with Crippen LogP contribution in [0.5, 0.6) is 0 Å². The number of carbonyl (C=O) groups excluding carboxylic acids is 1. The summed E-state index contributed by atoms with van der Waals surface area (Å²) in [6.45, 7) is 0. The Morgan fingerprint density at radius 2 is 1.76 bits per heavy atom. The number of rotatable bonds is 2.